The van der Waals surface area contributed by atoms with E-state index in [1.54, 1.807) is 0 Å². The number of halogens is 1. The zero-order valence-electron chi connectivity index (χ0n) is 13.3. The third-order valence-electron chi connectivity index (χ3n) is 2.81. The van der Waals surface area contributed by atoms with E-state index in [4.69, 9.17) is 31.1 Å². The third-order valence-corrected chi connectivity index (χ3v) is 4.94. The van der Waals surface area contributed by atoms with Gasteiger partial charge >= 0.3 is 0 Å². The predicted octanol–water partition coefficient (Wildman–Crippen LogP) is 0.355. The van der Waals surface area contributed by atoms with Gasteiger partial charge in [0.05, 0.1) is 57.8 Å². The van der Waals surface area contributed by atoms with Gasteiger partial charge in [-0.2, -0.15) is 0 Å². The molecule has 0 aliphatic carbocycles. The lowest BCUT2D eigenvalue weighted by atomic mass is 10.0. The van der Waals surface area contributed by atoms with Crippen molar-refractivity contribution in [2.75, 3.05) is 57.8 Å². The minimum absolute atomic E-state index is 0.00424. The van der Waals surface area contributed by atoms with E-state index in [0.29, 0.717) is 39.5 Å². The number of nitrogens with one attached hydrogen (secondary N) is 1. The molecule has 0 atom stereocenters. The van der Waals surface area contributed by atoms with E-state index >= 15 is 0 Å². The number of hydrogen-bond acceptors (Lipinski definition) is 7. The van der Waals surface area contributed by atoms with Crippen LogP contribution in [0.1, 0.15) is 20.3 Å². The normalized spacial score (nSPS) is 12.7. The highest BCUT2D eigenvalue weighted by Crippen LogP contribution is 2.11. The highest BCUT2D eigenvalue weighted by molar-refractivity contribution is 7.91. The van der Waals surface area contributed by atoms with Crippen molar-refractivity contribution in [1.82, 2.24) is 4.84 Å². The summed E-state index contributed by atoms with van der Waals surface area (Å²) < 4.78 is 39.1. The molecule has 0 heterocycles. The Labute approximate surface area is 138 Å². The molecule has 0 aromatic carbocycles. The van der Waals surface area contributed by atoms with E-state index in [2.05, 4.69) is 4.84 Å². The van der Waals surface area contributed by atoms with Crippen LogP contribution in [-0.2, 0) is 24.0 Å². The molecule has 0 aromatic heterocycles. The van der Waals surface area contributed by atoms with Crippen molar-refractivity contribution in [1.29, 1.82) is 0 Å². The van der Waals surface area contributed by atoms with E-state index in [1.165, 1.54) is 0 Å². The summed E-state index contributed by atoms with van der Waals surface area (Å²) in [7, 11) is -3.14. The molecule has 0 aliphatic rings. The minimum Gasteiger partial charge on any atom is -0.394 e. The van der Waals surface area contributed by atoms with Crippen LogP contribution in [0.25, 0.3) is 0 Å². The van der Waals surface area contributed by atoms with Crippen LogP contribution in [0, 0.1) is 0 Å². The van der Waals surface area contributed by atoms with Gasteiger partial charge in [0, 0.05) is 5.54 Å². The van der Waals surface area contributed by atoms with Crippen molar-refractivity contribution in [2.45, 2.75) is 25.8 Å². The van der Waals surface area contributed by atoms with Gasteiger partial charge in [0.25, 0.3) is 0 Å². The second-order valence-electron chi connectivity index (χ2n) is 5.44. The highest BCUT2D eigenvalue weighted by Gasteiger charge is 2.20. The van der Waals surface area contributed by atoms with Crippen LogP contribution in [-0.4, -0.2) is 76.8 Å². The van der Waals surface area contributed by atoms with E-state index in [-0.39, 0.29) is 24.7 Å². The van der Waals surface area contributed by atoms with Crippen molar-refractivity contribution >= 4 is 21.6 Å². The fraction of sp³-hybridized carbons (Fsp3) is 1.00. The second kappa shape index (κ2) is 12.5. The van der Waals surface area contributed by atoms with Gasteiger partial charge in [-0.15, -0.1) is 0 Å². The lowest BCUT2D eigenvalue weighted by Crippen LogP contribution is -2.35. The molecule has 134 valence electrons. The maximum Gasteiger partial charge on any atom is 0.152 e. The van der Waals surface area contributed by atoms with Crippen molar-refractivity contribution in [2.24, 2.45) is 0 Å². The van der Waals surface area contributed by atoms with Gasteiger partial charge in [-0.1, -0.05) is 0 Å². The van der Waals surface area contributed by atoms with Gasteiger partial charge in [0.15, 0.2) is 9.84 Å². The maximum absolute atomic E-state index is 11.8. The molecule has 2 N–H and O–H groups in total. The van der Waals surface area contributed by atoms with Crippen LogP contribution < -0.4 is 4.84 Å². The monoisotopic (exact) mass is 361 g/mol. The molecule has 7 nitrogen and oxygen atoms in total. The average Bonchev–Trinajstić information content (AvgIpc) is 2.47. The molecule has 0 spiro atoms. The largest absolute Gasteiger partial charge is 0.394 e. The number of hydrogen-bond donors (Lipinski definition) is 2. The van der Waals surface area contributed by atoms with Crippen molar-refractivity contribution in [3.8, 4) is 0 Å². The average molecular weight is 362 g/mol. The summed E-state index contributed by atoms with van der Waals surface area (Å²) in [6, 6.07) is 0. The Morgan fingerprint density at radius 1 is 0.955 bits per heavy atom. The molecule has 0 aromatic rings. The number of aliphatic hydroxyl groups is 1. The van der Waals surface area contributed by atoms with Crippen molar-refractivity contribution in [3.63, 3.8) is 0 Å². The smallest absolute Gasteiger partial charge is 0.152 e. The fourth-order valence-corrected chi connectivity index (χ4v) is 2.84. The Kier molecular flexibility index (Phi) is 12.5. The Balaban J connectivity index is 3.53. The van der Waals surface area contributed by atoms with Gasteiger partial charge in [0.1, 0.15) is 0 Å². The number of rotatable bonds is 15. The first-order valence-electron chi connectivity index (χ1n) is 7.25. The molecule has 22 heavy (non-hydrogen) atoms. The Morgan fingerprint density at radius 3 is 1.95 bits per heavy atom. The van der Waals surface area contributed by atoms with Crippen LogP contribution >= 0.6 is 11.8 Å². The summed E-state index contributed by atoms with van der Waals surface area (Å²) in [4.78, 5) is 2.56. The molecule has 0 saturated carbocycles. The van der Waals surface area contributed by atoms with E-state index in [1.807, 2.05) is 13.8 Å². The minimum atomic E-state index is -3.14. The predicted molar refractivity (Wildman–Crippen MR) is 85.9 cm³/mol. The van der Waals surface area contributed by atoms with Crippen LogP contribution in [0.5, 0.6) is 0 Å². The molecular formula is C13H28ClNO6S. The molecule has 0 bridgehead atoms. The number of sulfone groups is 1. The Morgan fingerprint density at radius 2 is 1.45 bits per heavy atom. The first-order chi connectivity index (χ1) is 10.3. The number of ether oxygens (including phenoxy) is 3. The van der Waals surface area contributed by atoms with Crippen LogP contribution in [0.4, 0.5) is 0 Å². The van der Waals surface area contributed by atoms with Gasteiger partial charge in [-0.3, -0.25) is 0 Å². The molecule has 0 fully saturated rings. The molecule has 0 aliphatic heterocycles. The van der Waals surface area contributed by atoms with Crippen molar-refractivity contribution in [3.05, 3.63) is 0 Å². The van der Waals surface area contributed by atoms with E-state index in [9.17, 15) is 8.42 Å². The van der Waals surface area contributed by atoms with Gasteiger partial charge in [0.2, 0.25) is 0 Å². The third kappa shape index (κ3) is 13.7. The second-order valence-corrected chi connectivity index (χ2v) is 7.93. The fourth-order valence-electron chi connectivity index (χ4n) is 1.35. The van der Waals surface area contributed by atoms with E-state index in [0.717, 1.165) is 0 Å². The zero-order valence-corrected chi connectivity index (χ0v) is 14.9. The lowest BCUT2D eigenvalue weighted by Gasteiger charge is -2.21. The summed E-state index contributed by atoms with van der Waals surface area (Å²) in [5, 5.41) is 8.48. The zero-order chi connectivity index (χ0) is 16.9. The Hall–Kier alpha value is 0.0400. The molecule has 0 radical (unpaired) electrons. The number of aliphatic hydroxyl groups excluding tert-OH is 1. The van der Waals surface area contributed by atoms with Gasteiger partial charge in [-0.25, -0.2) is 13.3 Å². The Bertz CT molecular complexity index is 364. The standard InChI is InChI=1S/C13H28ClNO6S/c1-13(2,15-14)3-11-22(17,18)12-10-21-9-8-20-7-6-19-5-4-16/h15-16H,3-12H2,1-2H3. The van der Waals surface area contributed by atoms with E-state index < -0.39 is 15.4 Å². The van der Waals surface area contributed by atoms with Crippen molar-refractivity contribution < 1.29 is 27.7 Å². The summed E-state index contributed by atoms with van der Waals surface area (Å²) in [5.74, 6) is 0.0623. The summed E-state index contributed by atoms with van der Waals surface area (Å²) in [6.07, 6.45) is 0.440. The first-order valence-corrected chi connectivity index (χ1v) is 9.45. The van der Waals surface area contributed by atoms with Gasteiger partial charge < -0.3 is 19.3 Å². The molecule has 0 unspecified atom stereocenters. The van der Waals surface area contributed by atoms with Gasteiger partial charge in [-0.05, 0) is 32.0 Å². The van der Waals surface area contributed by atoms with Crippen LogP contribution in [0.15, 0.2) is 0 Å². The molecular weight excluding hydrogens is 334 g/mol. The topological polar surface area (TPSA) is 94.1 Å². The summed E-state index contributed by atoms with van der Waals surface area (Å²) >= 11 is 5.53. The molecule has 0 saturated heterocycles. The summed E-state index contributed by atoms with van der Waals surface area (Å²) in [5.41, 5.74) is -0.415. The summed E-state index contributed by atoms with van der Waals surface area (Å²) in [6.45, 7) is 5.68. The van der Waals surface area contributed by atoms with Crippen LogP contribution in [0.2, 0.25) is 0 Å². The molecule has 0 amide bonds. The maximum atomic E-state index is 11.8. The molecule has 9 heteroatoms. The van der Waals surface area contributed by atoms with Crippen LogP contribution in [0.3, 0.4) is 0 Å². The lowest BCUT2D eigenvalue weighted by molar-refractivity contribution is 0.00989. The first kappa shape index (κ1) is 22.0. The highest BCUT2D eigenvalue weighted by atomic mass is 35.5. The SMILES string of the molecule is CC(C)(CCS(=O)(=O)CCOCCOCCOCCO)NCl. The molecule has 0 rings (SSSR count). The quantitative estimate of drug-likeness (QED) is 0.321.